The Labute approximate surface area is 113 Å². The van der Waals surface area contributed by atoms with Gasteiger partial charge in [0.1, 0.15) is 5.76 Å². The van der Waals surface area contributed by atoms with Crippen molar-refractivity contribution in [1.82, 2.24) is 4.31 Å². The molecule has 0 atom stereocenters. The van der Waals surface area contributed by atoms with Crippen LogP contribution in [0.1, 0.15) is 11.3 Å². The summed E-state index contributed by atoms with van der Waals surface area (Å²) in [5.41, 5.74) is 0.916. The van der Waals surface area contributed by atoms with E-state index in [9.17, 15) is 8.42 Å². The molecule has 0 aliphatic rings. The molecule has 0 radical (unpaired) electrons. The van der Waals surface area contributed by atoms with E-state index in [1.807, 2.05) is 30.3 Å². The van der Waals surface area contributed by atoms with Gasteiger partial charge in [-0.2, -0.15) is 4.31 Å². The first-order chi connectivity index (χ1) is 9.12. The van der Waals surface area contributed by atoms with Crippen LogP contribution >= 0.6 is 0 Å². The lowest BCUT2D eigenvalue weighted by molar-refractivity contribution is 0.362. The third-order valence-electron chi connectivity index (χ3n) is 2.68. The van der Waals surface area contributed by atoms with Crippen molar-refractivity contribution in [2.45, 2.75) is 13.1 Å². The van der Waals surface area contributed by atoms with Crippen LogP contribution in [-0.2, 0) is 23.1 Å². The lowest BCUT2D eigenvalue weighted by Gasteiger charge is -2.19. The zero-order valence-electron chi connectivity index (χ0n) is 10.4. The van der Waals surface area contributed by atoms with Crippen LogP contribution < -0.4 is 0 Å². The molecule has 0 saturated carbocycles. The average molecular weight is 277 g/mol. The maximum atomic E-state index is 12.0. The first-order valence-corrected chi connectivity index (χ1v) is 7.31. The molecule has 5 heteroatoms. The molecule has 0 unspecified atom stereocenters. The van der Waals surface area contributed by atoms with E-state index in [0.29, 0.717) is 5.76 Å². The number of nitrogens with zero attached hydrogens (tertiary/aromatic N) is 1. The maximum absolute atomic E-state index is 12.0. The lowest BCUT2D eigenvalue weighted by Crippen LogP contribution is -2.28. The fraction of sp³-hybridized carbons (Fsp3) is 0.143. The predicted molar refractivity (Wildman–Crippen MR) is 73.5 cm³/mol. The zero-order valence-corrected chi connectivity index (χ0v) is 11.2. The van der Waals surface area contributed by atoms with E-state index in [1.165, 1.54) is 10.6 Å². The molecule has 0 bridgehead atoms. The van der Waals surface area contributed by atoms with Gasteiger partial charge in [-0.3, -0.25) is 0 Å². The van der Waals surface area contributed by atoms with Gasteiger partial charge < -0.3 is 4.42 Å². The van der Waals surface area contributed by atoms with E-state index < -0.39 is 10.0 Å². The smallest absolute Gasteiger partial charge is 0.236 e. The third kappa shape index (κ3) is 3.56. The van der Waals surface area contributed by atoms with Gasteiger partial charge in [0.05, 0.1) is 12.8 Å². The molecule has 4 nitrogen and oxygen atoms in total. The van der Waals surface area contributed by atoms with Crippen molar-refractivity contribution in [1.29, 1.82) is 0 Å². The van der Waals surface area contributed by atoms with Gasteiger partial charge in [-0.15, -0.1) is 0 Å². The Morgan fingerprint density at radius 1 is 1.11 bits per heavy atom. The van der Waals surface area contributed by atoms with E-state index in [0.717, 1.165) is 11.0 Å². The van der Waals surface area contributed by atoms with Gasteiger partial charge in [-0.25, -0.2) is 8.42 Å². The summed E-state index contributed by atoms with van der Waals surface area (Å²) in [6, 6.07) is 12.9. The van der Waals surface area contributed by atoms with Crippen LogP contribution in [0, 0.1) is 0 Å². The summed E-state index contributed by atoms with van der Waals surface area (Å²) in [4.78, 5) is 0. The molecular formula is C14H15NO3S. The molecule has 0 fully saturated rings. The Morgan fingerprint density at radius 2 is 1.84 bits per heavy atom. The highest BCUT2D eigenvalue weighted by molar-refractivity contribution is 7.91. The van der Waals surface area contributed by atoms with Crippen molar-refractivity contribution >= 4 is 10.0 Å². The summed E-state index contributed by atoms with van der Waals surface area (Å²) in [7, 11) is -3.50. The standard InChI is InChI=1S/C14H15NO3S/c1-2-19(16,17)15(12-14-9-6-10-18-14)11-13-7-4-3-5-8-13/h2-10H,1,11-12H2. The fourth-order valence-electron chi connectivity index (χ4n) is 1.70. The summed E-state index contributed by atoms with van der Waals surface area (Å²) in [5.74, 6) is 0.598. The van der Waals surface area contributed by atoms with E-state index in [4.69, 9.17) is 4.42 Å². The molecule has 2 rings (SSSR count). The Hall–Kier alpha value is -1.85. The second-order valence-electron chi connectivity index (χ2n) is 4.04. The van der Waals surface area contributed by atoms with E-state index in [2.05, 4.69) is 6.58 Å². The number of sulfonamides is 1. The van der Waals surface area contributed by atoms with Crippen LogP contribution in [0.15, 0.2) is 65.1 Å². The van der Waals surface area contributed by atoms with Gasteiger partial charge in [-0.1, -0.05) is 36.9 Å². The van der Waals surface area contributed by atoms with Crippen molar-refractivity contribution in [3.63, 3.8) is 0 Å². The summed E-state index contributed by atoms with van der Waals surface area (Å²) < 4.78 is 30.5. The minimum atomic E-state index is -3.50. The number of benzene rings is 1. The molecule has 0 spiro atoms. The molecule has 1 aromatic carbocycles. The average Bonchev–Trinajstić information content (AvgIpc) is 2.92. The monoisotopic (exact) mass is 277 g/mol. The van der Waals surface area contributed by atoms with Gasteiger partial charge in [0.2, 0.25) is 10.0 Å². The lowest BCUT2D eigenvalue weighted by atomic mass is 10.2. The van der Waals surface area contributed by atoms with Crippen molar-refractivity contribution in [3.8, 4) is 0 Å². The highest BCUT2D eigenvalue weighted by atomic mass is 32.2. The molecule has 1 aromatic heterocycles. The zero-order chi connectivity index (χ0) is 13.7. The molecule has 0 amide bonds. The highest BCUT2D eigenvalue weighted by Crippen LogP contribution is 2.15. The molecule has 0 saturated heterocycles. The van der Waals surface area contributed by atoms with Crippen LogP contribution in [0.4, 0.5) is 0 Å². The SMILES string of the molecule is C=CS(=O)(=O)N(Cc1ccccc1)Cc1ccco1. The van der Waals surface area contributed by atoms with E-state index >= 15 is 0 Å². The molecule has 100 valence electrons. The van der Waals surface area contributed by atoms with Crippen molar-refractivity contribution in [2.24, 2.45) is 0 Å². The Bertz CT molecular complexity index is 618. The van der Waals surface area contributed by atoms with Gasteiger partial charge in [0.15, 0.2) is 0 Å². The van der Waals surface area contributed by atoms with Gasteiger partial charge >= 0.3 is 0 Å². The van der Waals surface area contributed by atoms with Crippen LogP contribution in [0.3, 0.4) is 0 Å². The summed E-state index contributed by atoms with van der Waals surface area (Å²) in [6.45, 7) is 3.84. The molecule has 1 heterocycles. The number of hydrogen-bond donors (Lipinski definition) is 0. The second-order valence-corrected chi connectivity index (χ2v) is 5.92. The minimum absolute atomic E-state index is 0.191. The number of rotatable bonds is 6. The summed E-state index contributed by atoms with van der Waals surface area (Å²) >= 11 is 0. The molecule has 19 heavy (non-hydrogen) atoms. The predicted octanol–water partition coefficient (Wildman–Crippen LogP) is 2.76. The largest absolute Gasteiger partial charge is 0.468 e. The van der Waals surface area contributed by atoms with Crippen LogP contribution in [0.5, 0.6) is 0 Å². The fourth-order valence-corrected chi connectivity index (χ4v) is 2.55. The van der Waals surface area contributed by atoms with Gasteiger partial charge in [-0.05, 0) is 17.7 Å². The third-order valence-corrected chi connectivity index (χ3v) is 4.08. The van der Waals surface area contributed by atoms with Crippen LogP contribution in [0.2, 0.25) is 0 Å². The topological polar surface area (TPSA) is 50.5 Å². The molecule has 2 aromatic rings. The molecule has 0 N–H and O–H groups in total. The van der Waals surface area contributed by atoms with Crippen molar-refractivity contribution in [3.05, 3.63) is 72.0 Å². The highest BCUT2D eigenvalue weighted by Gasteiger charge is 2.20. The van der Waals surface area contributed by atoms with E-state index in [-0.39, 0.29) is 13.1 Å². The molecule has 0 aliphatic heterocycles. The Kier molecular flexibility index (Phi) is 4.19. The second kappa shape index (κ2) is 5.86. The van der Waals surface area contributed by atoms with E-state index in [1.54, 1.807) is 12.1 Å². The van der Waals surface area contributed by atoms with Crippen LogP contribution in [-0.4, -0.2) is 12.7 Å². The first kappa shape index (κ1) is 13.6. The maximum Gasteiger partial charge on any atom is 0.236 e. The normalized spacial score (nSPS) is 11.6. The number of hydrogen-bond acceptors (Lipinski definition) is 3. The van der Waals surface area contributed by atoms with Gasteiger partial charge in [0.25, 0.3) is 0 Å². The van der Waals surface area contributed by atoms with Crippen molar-refractivity contribution < 1.29 is 12.8 Å². The first-order valence-electron chi connectivity index (χ1n) is 5.81. The van der Waals surface area contributed by atoms with Gasteiger partial charge in [0, 0.05) is 12.0 Å². The quantitative estimate of drug-likeness (QED) is 0.815. The number of furan rings is 1. The summed E-state index contributed by atoms with van der Waals surface area (Å²) in [6.07, 6.45) is 1.52. The molecule has 0 aliphatic carbocycles. The Morgan fingerprint density at radius 3 is 2.42 bits per heavy atom. The minimum Gasteiger partial charge on any atom is -0.468 e. The van der Waals surface area contributed by atoms with Crippen molar-refractivity contribution in [2.75, 3.05) is 0 Å². The van der Waals surface area contributed by atoms with Crippen LogP contribution in [0.25, 0.3) is 0 Å². The summed E-state index contributed by atoms with van der Waals surface area (Å²) in [5, 5.41) is 0.957. The molecular weight excluding hydrogens is 262 g/mol. The Balaban J connectivity index is 2.22.